The molecule has 5 nitrogen and oxygen atoms in total. The zero-order valence-corrected chi connectivity index (χ0v) is 16.0. The largest absolute Gasteiger partial charge is 0.466 e. The Morgan fingerprint density at radius 2 is 1.89 bits per heavy atom. The first-order chi connectivity index (χ1) is 13.1. The summed E-state index contributed by atoms with van der Waals surface area (Å²) in [5.74, 6) is 3.25. The van der Waals surface area contributed by atoms with Gasteiger partial charge in [-0.05, 0) is 23.3 Å². The van der Waals surface area contributed by atoms with Gasteiger partial charge in [-0.1, -0.05) is 36.3 Å². The SMILES string of the molecule is C#Cc1cc(CC(=O)N(C)C)cc(-c2ccccc2)c1OCOCCOC. The molecule has 0 saturated carbocycles. The highest BCUT2D eigenvalue weighted by Gasteiger charge is 2.15. The van der Waals surface area contributed by atoms with Crippen LogP contribution in [0.5, 0.6) is 5.75 Å². The average Bonchev–Trinajstić information content (AvgIpc) is 2.68. The molecule has 0 spiro atoms. The Hall–Kier alpha value is -2.81. The third-order valence-corrected chi connectivity index (χ3v) is 3.96. The van der Waals surface area contributed by atoms with Crippen LogP contribution in [-0.4, -0.2) is 52.0 Å². The minimum Gasteiger partial charge on any atom is -0.466 e. The van der Waals surface area contributed by atoms with Crippen LogP contribution < -0.4 is 4.74 Å². The Bertz CT molecular complexity index is 794. The maximum Gasteiger partial charge on any atom is 0.226 e. The second-order valence-electron chi connectivity index (χ2n) is 6.16. The molecular weight excluding hydrogens is 342 g/mol. The van der Waals surface area contributed by atoms with E-state index in [4.69, 9.17) is 20.6 Å². The first-order valence-corrected chi connectivity index (χ1v) is 8.65. The zero-order chi connectivity index (χ0) is 19.6. The molecule has 5 heteroatoms. The van der Waals surface area contributed by atoms with Crippen LogP contribution >= 0.6 is 0 Å². The van der Waals surface area contributed by atoms with Crippen molar-refractivity contribution in [2.24, 2.45) is 0 Å². The lowest BCUT2D eigenvalue weighted by Crippen LogP contribution is -2.23. The van der Waals surface area contributed by atoms with Gasteiger partial charge in [0.05, 0.1) is 25.2 Å². The molecule has 1 amide bonds. The van der Waals surface area contributed by atoms with E-state index < -0.39 is 0 Å². The van der Waals surface area contributed by atoms with E-state index in [9.17, 15) is 4.79 Å². The van der Waals surface area contributed by atoms with E-state index in [2.05, 4.69) is 5.92 Å². The van der Waals surface area contributed by atoms with Crippen LogP contribution in [0.3, 0.4) is 0 Å². The monoisotopic (exact) mass is 367 g/mol. The van der Waals surface area contributed by atoms with E-state index in [0.29, 0.717) is 24.5 Å². The van der Waals surface area contributed by atoms with E-state index in [1.54, 1.807) is 26.1 Å². The fourth-order valence-corrected chi connectivity index (χ4v) is 2.52. The molecule has 0 aliphatic carbocycles. The van der Waals surface area contributed by atoms with E-state index in [0.717, 1.165) is 16.7 Å². The maximum absolute atomic E-state index is 12.1. The zero-order valence-electron chi connectivity index (χ0n) is 16.0. The van der Waals surface area contributed by atoms with Gasteiger partial charge < -0.3 is 19.1 Å². The number of ether oxygens (including phenoxy) is 3. The van der Waals surface area contributed by atoms with Gasteiger partial charge in [0.15, 0.2) is 6.79 Å². The van der Waals surface area contributed by atoms with Crippen molar-refractivity contribution in [2.75, 3.05) is 41.2 Å². The van der Waals surface area contributed by atoms with Crippen LogP contribution in [0.25, 0.3) is 11.1 Å². The minimum atomic E-state index is 0.00792. The van der Waals surface area contributed by atoms with Crippen LogP contribution in [-0.2, 0) is 20.7 Å². The number of nitrogens with zero attached hydrogens (tertiary/aromatic N) is 1. The van der Waals surface area contributed by atoms with Crippen molar-refractivity contribution in [2.45, 2.75) is 6.42 Å². The van der Waals surface area contributed by atoms with Gasteiger partial charge in [0, 0.05) is 26.8 Å². The summed E-state index contributed by atoms with van der Waals surface area (Å²) in [6, 6.07) is 13.6. The summed E-state index contributed by atoms with van der Waals surface area (Å²) in [5, 5.41) is 0. The summed E-state index contributed by atoms with van der Waals surface area (Å²) >= 11 is 0. The lowest BCUT2D eigenvalue weighted by Gasteiger charge is -2.17. The Morgan fingerprint density at radius 3 is 2.52 bits per heavy atom. The predicted molar refractivity (Wildman–Crippen MR) is 106 cm³/mol. The number of hydrogen-bond donors (Lipinski definition) is 0. The first-order valence-electron chi connectivity index (χ1n) is 8.65. The molecule has 0 radical (unpaired) electrons. The molecule has 27 heavy (non-hydrogen) atoms. The fourth-order valence-electron chi connectivity index (χ4n) is 2.52. The third kappa shape index (κ3) is 5.85. The Labute approximate surface area is 160 Å². The van der Waals surface area contributed by atoms with E-state index in [1.165, 1.54) is 0 Å². The van der Waals surface area contributed by atoms with Crippen LogP contribution in [0.2, 0.25) is 0 Å². The number of methoxy groups -OCH3 is 1. The second kappa shape index (κ2) is 10.4. The van der Waals surface area contributed by atoms with E-state index in [-0.39, 0.29) is 19.1 Å². The van der Waals surface area contributed by atoms with Crippen molar-refractivity contribution in [3.05, 3.63) is 53.6 Å². The second-order valence-corrected chi connectivity index (χ2v) is 6.16. The molecule has 0 atom stereocenters. The van der Waals surface area contributed by atoms with Crippen molar-refractivity contribution in [1.82, 2.24) is 4.90 Å². The van der Waals surface area contributed by atoms with Gasteiger partial charge in [0.2, 0.25) is 5.91 Å². The summed E-state index contributed by atoms with van der Waals surface area (Å²) in [5.41, 5.74) is 3.23. The molecule has 2 rings (SSSR count). The van der Waals surface area contributed by atoms with Gasteiger partial charge in [-0.2, -0.15) is 0 Å². The number of likely N-dealkylation sites (N-methyl/N-ethyl adjacent to an activating group) is 1. The first kappa shape index (κ1) is 20.5. The van der Waals surface area contributed by atoms with Gasteiger partial charge in [-0.25, -0.2) is 0 Å². The summed E-state index contributed by atoms with van der Waals surface area (Å²) in [6.07, 6.45) is 5.99. The third-order valence-electron chi connectivity index (χ3n) is 3.96. The molecule has 2 aromatic carbocycles. The Balaban J connectivity index is 2.37. The van der Waals surface area contributed by atoms with E-state index in [1.807, 2.05) is 42.5 Å². The molecule has 142 valence electrons. The molecule has 0 saturated heterocycles. The average molecular weight is 367 g/mol. The molecule has 2 aromatic rings. The summed E-state index contributed by atoms with van der Waals surface area (Å²) in [6.45, 7) is 0.980. The molecule has 0 heterocycles. The van der Waals surface area contributed by atoms with Crippen LogP contribution in [0.4, 0.5) is 0 Å². The van der Waals surface area contributed by atoms with Crippen molar-refractivity contribution in [3.8, 4) is 29.2 Å². The smallest absolute Gasteiger partial charge is 0.226 e. The van der Waals surface area contributed by atoms with Gasteiger partial charge in [-0.3, -0.25) is 4.79 Å². The predicted octanol–water partition coefficient (Wildman–Crippen LogP) is 2.96. The number of carbonyl (C=O) groups excluding carboxylic acids is 1. The van der Waals surface area contributed by atoms with Crippen LogP contribution in [0.15, 0.2) is 42.5 Å². The standard InChI is InChI=1S/C22H25NO4/c1-5-18-13-17(15-21(24)23(2)3)14-20(19-9-7-6-8-10-19)22(18)27-16-26-12-11-25-4/h1,6-10,13-14H,11-12,15-16H2,2-4H3. The molecule has 0 N–H and O–H groups in total. The summed E-state index contributed by atoms with van der Waals surface area (Å²) in [4.78, 5) is 13.7. The number of amides is 1. The van der Waals surface area contributed by atoms with Crippen LogP contribution in [0, 0.1) is 12.3 Å². The molecule has 0 aromatic heterocycles. The normalized spacial score (nSPS) is 10.3. The van der Waals surface area contributed by atoms with Crippen molar-refractivity contribution < 1.29 is 19.0 Å². The lowest BCUT2D eigenvalue weighted by atomic mass is 9.96. The highest BCUT2D eigenvalue weighted by Crippen LogP contribution is 2.34. The van der Waals surface area contributed by atoms with E-state index >= 15 is 0 Å². The molecule has 0 fully saturated rings. The van der Waals surface area contributed by atoms with Gasteiger partial charge >= 0.3 is 0 Å². The highest BCUT2D eigenvalue weighted by molar-refractivity contribution is 5.81. The maximum atomic E-state index is 12.1. The Morgan fingerprint density at radius 1 is 1.15 bits per heavy atom. The fraction of sp³-hybridized carbons (Fsp3) is 0.318. The molecular formula is C22H25NO4. The van der Waals surface area contributed by atoms with Gasteiger partial charge in [0.25, 0.3) is 0 Å². The Kier molecular flexibility index (Phi) is 7.87. The topological polar surface area (TPSA) is 48.0 Å². The minimum absolute atomic E-state index is 0.00792. The van der Waals surface area contributed by atoms with Gasteiger partial charge in [0.1, 0.15) is 5.75 Å². The molecule has 0 unspecified atom stereocenters. The molecule has 0 bridgehead atoms. The molecule has 0 aliphatic heterocycles. The number of benzene rings is 2. The van der Waals surface area contributed by atoms with Gasteiger partial charge in [-0.15, -0.1) is 6.42 Å². The van der Waals surface area contributed by atoms with Crippen molar-refractivity contribution in [1.29, 1.82) is 0 Å². The number of carbonyl (C=O) groups is 1. The summed E-state index contributed by atoms with van der Waals surface area (Å²) in [7, 11) is 5.08. The molecule has 0 aliphatic rings. The lowest BCUT2D eigenvalue weighted by molar-refractivity contribution is -0.127. The van der Waals surface area contributed by atoms with Crippen molar-refractivity contribution in [3.63, 3.8) is 0 Å². The number of hydrogen-bond acceptors (Lipinski definition) is 4. The number of terminal acetylenes is 1. The van der Waals surface area contributed by atoms with Crippen LogP contribution in [0.1, 0.15) is 11.1 Å². The van der Waals surface area contributed by atoms with Crippen molar-refractivity contribution >= 4 is 5.91 Å². The quantitative estimate of drug-likeness (QED) is 0.388. The highest BCUT2D eigenvalue weighted by atomic mass is 16.7. The number of rotatable bonds is 9. The summed E-state index contributed by atoms with van der Waals surface area (Å²) < 4.78 is 16.2.